The fourth-order valence-electron chi connectivity index (χ4n) is 3.06. The van der Waals surface area contributed by atoms with Crippen molar-refractivity contribution in [2.45, 2.75) is 18.8 Å². The Morgan fingerprint density at radius 2 is 1.47 bits per heavy atom. The molecule has 2 nitrogen and oxygen atoms in total. The van der Waals surface area contributed by atoms with Gasteiger partial charge in [-0.25, -0.2) is 0 Å². The van der Waals surface area contributed by atoms with Gasteiger partial charge in [0.05, 0.1) is 13.0 Å². The molecule has 2 aromatic rings. The summed E-state index contributed by atoms with van der Waals surface area (Å²) in [6.07, 6.45) is 0. The molecule has 0 spiro atoms. The molecule has 0 fully saturated rings. The third kappa shape index (κ3) is 1.75. The molecular weight excluding hydrogens is 236 g/mol. The Hall–Kier alpha value is -2.09. The fraction of sp³-hybridized carbons (Fsp3) is 0.235. The van der Waals surface area contributed by atoms with E-state index in [1.165, 1.54) is 18.2 Å². The molecule has 0 heterocycles. The molecule has 2 aromatic carbocycles. The molecule has 1 aliphatic carbocycles. The van der Waals surface area contributed by atoms with Crippen LogP contribution in [0.5, 0.6) is 0 Å². The summed E-state index contributed by atoms with van der Waals surface area (Å²) in [7, 11) is 1.46. The van der Waals surface area contributed by atoms with Crippen molar-refractivity contribution in [1.29, 1.82) is 0 Å². The van der Waals surface area contributed by atoms with E-state index in [-0.39, 0.29) is 17.8 Å². The van der Waals surface area contributed by atoms with Crippen molar-refractivity contribution >= 4 is 5.97 Å². The molecule has 96 valence electrons. The number of hydrogen-bond donors (Lipinski definition) is 0. The van der Waals surface area contributed by atoms with Gasteiger partial charge >= 0.3 is 5.97 Å². The van der Waals surface area contributed by atoms with E-state index in [0.717, 1.165) is 11.1 Å². The standard InChI is InChI=1S/C17H16O2/c1-11-12-7-3-4-8-13(12)14-9-5-6-10-15(14)16(11)17(18)19-2/h3-11,16H,1-2H3/t11-,16-/m1/s1. The number of esters is 1. The van der Waals surface area contributed by atoms with Crippen LogP contribution in [0.25, 0.3) is 11.1 Å². The van der Waals surface area contributed by atoms with Crippen molar-refractivity contribution in [2.24, 2.45) is 0 Å². The highest BCUT2D eigenvalue weighted by atomic mass is 16.5. The topological polar surface area (TPSA) is 26.3 Å². The predicted molar refractivity (Wildman–Crippen MR) is 75.1 cm³/mol. The molecule has 0 bridgehead atoms. The fourth-order valence-corrected chi connectivity index (χ4v) is 3.06. The van der Waals surface area contributed by atoms with Crippen LogP contribution in [0.4, 0.5) is 0 Å². The van der Waals surface area contributed by atoms with Crippen molar-refractivity contribution < 1.29 is 9.53 Å². The number of carbonyl (C=O) groups is 1. The molecule has 2 atom stereocenters. The second kappa shape index (κ2) is 4.54. The van der Waals surface area contributed by atoms with Gasteiger partial charge in [0.2, 0.25) is 0 Å². The summed E-state index contributed by atoms with van der Waals surface area (Å²) in [6.45, 7) is 2.09. The number of methoxy groups -OCH3 is 1. The lowest BCUT2D eigenvalue weighted by Gasteiger charge is -2.31. The van der Waals surface area contributed by atoms with Crippen molar-refractivity contribution in [1.82, 2.24) is 0 Å². The lowest BCUT2D eigenvalue weighted by molar-refractivity contribution is -0.143. The van der Waals surface area contributed by atoms with E-state index < -0.39 is 0 Å². The molecule has 0 aliphatic heterocycles. The van der Waals surface area contributed by atoms with E-state index in [4.69, 9.17) is 4.74 Å². The smallest absolute Gasteiger partial charge is 0.313 e. The summed E-state index contributed by atoms with van der Waals surface area (Å²) in [5.41, 5.74) is 4.66. The SMILES string of the molecule is COC(=O)[C@H]1c2ccccc2-c2ccccc2[C@H]1C. The maximum absolute atomic E-state index is 12.1. The van der Waals surface area contributed by atoms with E-state index in [9.17, 15) is 4.79 Å². The first-order chi connectivity index (χ1) is 9.24. The second-order valence-electron chi connectivity index (χ2n) is 4.96. The largest absolute Gasteiger partial charge is 0.469 e. The quantitative estimate of drug-likeness (QED) is 0.723. The molecule has 0 saturated heterocycles. The third-order valence-electron chi connectivity index (χ3n) is 3.99. The van der Waals surface area contributed by atoms with Crippen LogP contribution in [0, 0.1) is 0 Å². The number of benzene rings is 2. The number of rotatable bonds is 1. The van der Waals surface area contributed by atoms with E-state index >= 15 is 0 Å². The average Bonchev–Trinajstić information content (AvgIpc) is 2.47. The molecule has 19 heavy (non-hydrogen) atoms. The zero-order valence-corrected chi connectivity index (χ0v) is 11.1. The maximum atomic E-state index is 12.1. The summed E-state index contributed by atoms with van der Waals surface area (Å²) in [4.78, 5) is 12.1. The van der Waals surface area contributed by atoms with Crippen molar-refractivity contribution in [3.8, 4) is 11.1 Å². The molecular formula is C17H16O2. The van der Waals surface area contributed by atoms with Crippen molar-refractivity contribution in [2.75, 3.05) is 7.11 Å². The van der Waals surface area contributed by atoms with Crippen LogP contribution in [0.2, 0.25) is 0 Å². The van der Waals surface area contributed by atoms with E-state index in [1.807, 2.05) is 30.3 Å². The Bertz CT molecular complexity index is 631. The molecule has 3 rings (SSSR count). The summed E-state index contributed by atoms with van der Waals surface area (Å²) in [5.74, 6) is -0.232. The van der Waals surface area contributed by atoms with Crippen LogP contribution in [-0.4, -0.2) is 13.1 Å². The number of hydrogen-bond acceptors (Lipinski definition) is 2. The Kier molecular flexibility index (Phi) is 2.86. The first-order valence-corrected chi connectivity index (χ1v) is 6.50. The van der Waals surface area contributed by atoms with Crippen molar-refractivity contribution in [3.05, 3.63) is 59.7 Å². The zero-order chi connectivity index (χ0) is 13.4. The van der Waals surface area contributed by atoms with Crippen LogP contribution in [0.3, 0.4) is 0 Å². The molecule has 1 aliphatic rings. The highest BCUT2D eigenvalue weighted by Gasteiger charge is 2.35. The highest BCUT2D eigenvalue weighted by molar-refractivity contribution is 5.87. The molecule has 0 radical (unpaired) electrons. The van der Waals surface area contributed by atoms with Gasteiger partial charge in [-0.3, -0.25) is 4.79 Å². The number of carbonyl (C=O) groups excluding carboxylic acids is 1. The molecule has 0 saturated carbocycles. The first kappa shape index (κ1) is 12.0. The zero-order valence-electron chi connectivity index (χ0n) is 11.1. The molecule has 2 heteroatoms. The van der Waals surface area contributed by atoms with Crippen molar-refractivity contribution in [3.63, 3.8) is 0 Å². The second-order valence-corrected chi connectivity index (χ2v) is 4.96. The minimum atomic E-state index is -0.212. The van der Waals surface area contributed by atoms with Gasteiger partial charge in [0, 0.05) is 0 Å². The van der Waals surface area contributed by atoms with Gasteiger partial charge in [-0.05, 0) is 28.2 Å². The van der Waals surface area contributed by atoms with Gasteiger partial charge in [0.1, 0.15) is 0 Å². The minimum absolute atomic E-state index is 0.138. The predicted octanol–water partition coefficient (Wildman–Crippen LogP) is 3.73. The molecule has 0 aromatic heterocycles. The molecule has 0 unspecified atom stereocenters. The lowest BCUT2D eigenvalue weighted by Crippen LogP contribution is -2.24. The normalized spacial score (nSPS) is 20.3. The van der Waals surface area contributed by atoms with E-state index in [2.05, 4.69) is 25.1 Å². The Morgan fingerprint density at radius 1 is 0.947 bits per heavy atom. The average molecular weight is 252 g/mol. The Balaban J connectivity index is 2.26. The summed E-state index contributed by atoms with van der Waals surface area (Å²) < 4.78 is 4.99. The molecule has 0 N–H and O–H groups in total. The highest BCUT2D eigenvalue weighted by Crippen LogP contribution is 2.46. The minimum Gasteiger partial charge on any atom is -0.469 e. The third-order valence-corrected chi connectivity index (χ3v) is 3.99. The van der Waals surface area contributed by atoms with Gasteiger partial charge in [-0.1, -0.05) is 55.5 Å². The Morgan fingerprint density at radius 3 is 2.11 bits per heavy atom. The van der Waals surface area contributed by atoms with Gasteiger partial charge in [0.25, 0.3) is 0 Å². The first-order valence-electron chi connectivity index (χ1n) is 6.50. The van der Waals surface area contributed by atoms with Crippen LogP contribution >= 0.6 is 0 Å². The number of fused-ring (bicyclic) bond motifs is 3. The number of ether oxygens (including phenoxy) is 1. The Labute approximate surface area is 113 Å². The summed E-state index contributed by atoms with van der Waals surface area (Å²) in [6, 6.07) is 16.4. The summed E-state index contributed by atoms with van der Waals surface area (Å²) in [5, 5.41) is 0. The summed E-state index contributed by atoms with van der Waals surface area (Å²) >= 11 is 0. The van der Waals surface area contributed by atoms with Crippen LogP contribution in [-0.2, 0) is 9.53 Å². The monoisotopic (exact) mass is 252 g/mol. The van der Waals surface area contributed by atoms with Gasteiger partial charge in [-0.2, -0.15) is 0 Å². The van der Waals surface area contributed by atoms with Crippen LogP contribution in [0.1, 0.15) is 29.9 Å². The lowest BCUT2D eigenvalue weighted by atomic mass is 9.72. The van der Waals surface area contributed by atoms with Gasteiger partial charge in [0.15, 0.2) is 0 Å². The van der Waals surface area contributed by atoms with Gasteiger partial charge < -0.3 is 4.74 Å². The van der Waals surface area contributed by atoms with E-state index in [1.54, 1.807) is 0 Å². The van der Waals surface area contributed by atoms with E-state index in [0.29, 0.717) is 0 Å². The van der Waals surface area contributed by atoms with Crippen LogP contribution < -0.4 is 0 Å². The maximum Gasteiger partial charge on any atom is 0.313 e. The van der Waals surface area contributed by atoms with Gasteiger partial charge in [-0.15, -0.1) is 0 Å². The molecule has 0 amide bonds. The van der Waals surface area contributed by atoms with Crippen LogP contribution in [0.15, 0.2) is 48.5 Å².